The number of hydrazine groups is 1. The maximum atomic E-state index is 4.93. The first-order valence-electron chi connectivity index (χ1n) is 3.69. The van der Waals surface area contributed by atoms with E-state index in [0.717, 1.165) is 5.69 Å². The first-order chi connectivity index (χ1) is 5.77. The number of hydrogen-bond donors (Lipinski definition) is 1. The number of nitrogens with one attached hydrogen (secondary N) is 1. The fourth-order valence-corrected chi connectivity index (χ4v) is 0.821. The minimum absolute atomic E-state index is 0.628. The summed E-state index contributed by atoms with van der Waals surface area (Å²) in [6.45, 7) is 0. The average molecular weight is 167 g/mol. The summed E-state index contributed by atoms with van der Waals surface area (Å²) in [6.07, 6.45) is 1.75. The highest BCUT2D eigenvalue weighted by Gasteiger charge is 1.97. The summed E-state index contributed by atoms with van der Waals surface area (Å²) in [7, 11) is 5.37. The van der Waals surface area contributed by atoms with Gasteiger partial charge in [-0.25, -0.2) is 10.4 Å². The third-order valence-electron chi connectivity index (χ3n) is 1.65. The number of aromatic nitrogens is 1. The summed E-state index contributed by atoms with van der Waals surface area (Å²) in [4.78, 5) is 4.06. The fraction of sp³-hybridized carbons (Fsp3) is 0.375. The van der Waals surface area contributed by atoms with Crippen molar-refractivity contribution in [2.75, 3.05) is 26.2 Å². The van der Waals surface area contributed by atoms with E-state index in [2.05, 4.69) is 10.4 Å². The molecule has 0 radical (unpaired) electrons. The molecule has 0 fully saturated rings. The number of pyridine rings is 1. The van der Waals surface area contributed by atoms with E-state index in [4.69, 9.17) is 4.74 Å². The molecule has 0 saturated heterocycles. The summed E-state index contributed by atoms with van der Waals surface area (Å²) in [5.41, 5.74) is 3.97. The molecule has 4 nitrogen and oxygen atoms in total. The highest BCUT2D eigenvalue weighted by molar-refractivity contribution is 5.43. The number of ether oxygens (including phenoxy) is 1. The average Bonchev–Trinajstić information content (AvgIpc) is 2.17. The summed E-state index contributed by atoms with van der Waals surface area (Å²) in [5, 5.41) is 1.87. The Morgan fingerprint density at radius 3 is 2.67 bits per heavy atom. The van der Waals surface area contributed by atoms with E-state index in [1.165, 1.54) is 0 Å². The van der Waals surface area contributed by atoms with Crippen molar-refractivity contribution in [2.24, 2.45) is 0 Å². The molecule has 0 aromatic carbocycles. The first kappa shape index (κ1) is 8.80. The van der Waals surface area contributed by atoms with Crippen LogP contribution in [0.4, 0.5) is 5.69 Å². The molecule has 1 N–H and O–H groups in total. The first-order valence-corrected chi connectivity index (χ1v) is 3.69. The van der Waals surface area contributed by atoms with Crippen LogP contribution in [0.5, 0.6) is 5.88 Å². The zero-order valence-electron chi connectivity index (χ0n) is 7.53. The molecule has 0 saturated carbocycles. The molecule has 1 aromatic heterocycles. The molecule has 0 atom stereocenters. The van der Waals surface area contributed by atoms with Gasteiger partial charge in [-0.2, -0.15) is 0 Å². The lowest BCUT2D eigenvalue weighted by molar-refractivity contribution is 0.398. The van der Waals surface area contributed by atoms with Gasteiger partial charge in [-0.1, -0.05) is 0 Å². The van der Waals surface area contributed by atoms with Crippen molar-refractivity contribution in [3.05, 3.63) is 18.3 Å². The van der Waals surface area contributed by atoms with Crippen LogP contribution in [0.3, 0.4) is 0 Å². The van der Waals surface area contributed by atoms with Crippen LogP contribution in [0.15, 0.2) is 18.3 Å². The van der Waals surface area contributed by atoms with E-state index in [1.807, 2.05) is 31.2 Å². The molecule has 0 aliphatic heterocycles. The Hall–Kier alpha value is -1.29. The Morgan fingerprint density at radius 1 is 1.50 bits per heavy atom. The normalized spacial score (nSPS) is 9.58. The minimum atomic E-state index is 0.628. The van der Waals surface area contributed by atoms with Gasteiger partial charge in [0, 0.05) is 20.2 Å². The second-order valence-electron chi connectivity index (χ2n) is 2.34. The van der Waals surface area contributed by atoms with Crippen LogP contribution < -0.4 is 15.2 Å². The standard InChI is InChI=1S/C8H13N3O/c1-9-11(2)7-4-5-8(12-3)10-6-7/h4-6,9H,1-3H3. The van der Waals surface area contributed by atoms with Gasteiger partial charge in [-0.15, -0.1) is 0 Å². The molecule has 0 spiro atoms. The second-order valence-corrected chi connectivity index (χ2v) is 2.34. The molecular formula is C8H13N3O. The number of hydrogen-bond acceptors (Lipinski definition) is 4. The maximum Gasteiger partial charge on any atom is 0.213 e. The van der Waals surface area contributed by atoms with E-state index in [-0.39, 0.29) is 0 Å². The van der Waals surface area contributed by atoms with Crippen LogP contribution in [0, 0.1) is 0 Å². The number of methoxy groups -OCH3 is 1. The smallest absolute Gasteiger partial charge is 0.213 e. The molecule has 1 heterocycles. The molecule has 4 heteroatoms. The summed E-state index contributed by atoms with van der Waals surface area (Å²) in [5.74, 6) is 0.628. The van der Waals surface area contributed by atoms with Crippen LogP contribution in [0.25, 0.3) is 0 Å². The third-order valence-corrected chi connectivity index (χ3v) is 1.65. The van der Waals surface area contributed by atoms with Gasteiger partial charge < -0.3 is 9.75 Å². The van der Waals surface area contributed by atoms with Crippen LogP contribution in [0.1, 0.15) is 0 Å². The Kier molecular flexibility index (Phi) is 2.88. The molecule has 0 aliphatic carbocycles. The predicted octanol–water partition coefficient (Wildman–Crippen LogP) is 0.661. The Labute approximate surface area is 72.1 Å². The van der Waals surface area contributed by atoms with Crippen LogP contribution in [-0.4, -0.2) is 26.2 Å². The largest absolute Gasteiger partial charge is 0.481 e. The van der Waals surface area contributed by atoms with Gasteiger partial charge in [0.25, 0.3) is 0 Å². The van der Waals surface area contributed by atoms with Crippen molar-refractivity contribution >= 4 is 5.69 Å². The number of rotatable bonds is 3. The molecular weight excluding hydrogens is 154 g/mol. The second kappa shape index (κ2) is 3.92. The maximum absolute atomic E-state index is 4.93. The van der Waals surface area contributed by atoms with Gasteiger partial charge in [-0.3, -0.25) is 0 Å². The van der Waals surface area contributed by atoms with Crippen LogP contribution in [0.2, 0.25) is 0 Å². The zero-order chi connectivity index (χ0) is 8.97. The lowest BCUT2D eigenvalue weighted by Crippen LogP contribution is -2.30. The van der Waals surface area contributed by atoms with Gasteiger partial charge >= 0.3 is 0 Å². The van der Waals surface area contributed by atoms with Crippen LogP contribution >= 0.6 is 0 Å². The van der Waals surface area contributed by atoms with E-state index in [1.54, 1.807) is 13.3 Å². The van der Waals surface area contributed by atoms with Crippen molar-refractivity contribution in [2.45, 2.75) is 0 Å². The van der Waals surface area contributed by atoms with Crippen molar-refractivity contribution < 1.29 is 4.74 Å². The lowest BCUT2D eigenvalue weighted by atomic mass is 10.4. The fourth-order valence-electron chi connectivity index (χ4n) is 0.821. The monoisotopic (exact) mass is 167 g/mol. The zero-order valence-corrected chi connectivity index (χ0v) is 7.53. The van der Waals surface area contributed by atoms with Crippen LogP contribution in [-0.2, 0) is 0 Å². The van der Waals surface area contributed by atoms with Crippen molar-refractivity contribution in [1.29, 1.82) is 0 Å². The molecule has 0 bridgehead atoms. The van der Waals surface area contributed by atoms with E-state index in [9.17, 15) is 0 Å². The molecule has 1 rings (SSSR count). The highest BCUT2D eigenvalue weighted by Crippen LogP contribution is 2.12. The SMILES string of the molecule is CNN(C)c1ccc(OC)nc1. The van der Waals surface area contributed by atoms with E-state index < -0.39 is 0 Å². The highest BCUT2D eigenvalue weighted by atomic mass is 16.5. The molecule has 0 amide bonds. The number of nitrogens with zero attached hydrogens (tertiary/aromatic N) is 2. The molecule has 66 valence electrons. The van der Waals surface area contributed by atoms with Gasteiger partial charge in [0.05, 0.1) is 19.0 Å². The van der Waals surface area contributed by atoms with Gasteiger partial charge in [0.2, 0.25) is 5.88 Å². The lowest BCUT2D eigenvalue weighted by Gasteiger charge is -2.16. The van der Waals surface area contributed by atoms with E-state index in [0.29, 0.717) is 5.88 Å². The predicted molar refractivity (Wildman–Crippen MR) is 48.3 cm³/mol. The third kappa shape index (κ3) is 1.85. The van der Waals surface area contributed by atoms with Gasteiger partial charge in [0.15, 0.2) is 0 Å². The number of anilines is 1. The van der Waals surface area contributed by atoms with E-state index >= 15 is 0 Å². The Morgan fingerprint density at radius 2 is 2.25 bits per heavy atom. The quantitative estimate of drug-likeness (QED) is 0.671. The Bertz CT molecular complexity index is 235. The van der Waals surface area contributed by atoms with Gasteiger partial charge in [0.1, 0.15) is 0 Å². The van der Waals surface area contributed by atoms with Crippen molar-refractivity contribution in [1.82, 2.24) is 10.4 Å². The molecule has 12 heavy (non-hydrogen) atoms. The van der Waals surface area contributed by atoms with Crippen molar-refractivity contribution in [3.8, 4) is 5.88 Å². The summed E-state index contributed by atoms with van der Waals surface area (Å²) >= 11 is 0. The summed E-state index contributed by atoms with van der Waals surface area (Å²) in [6, 6.07) is 3.76. The molecule has 0 unspecified atom stereocenters. The molecule has 1 aromatic rings. The molecule has 0 aliphatic rings. The van der Waals surface area contributed by atoms with Crippen molar-refractivity contribution in [3.63, 3.8) is 0 Å². The Balaban J connectivity index is 2.77. The minimum Gasteiger partial charge on any atom is -0.481 e. The topological polar surface area (TPSA) is 37.4 Å². The van der Waals surface area contributed by atoms with Gasteiger partial charge in [-0.05, 0) is 6.07 Å². The summed E-state index contributed by atoms with van der Waals surface area (Å²) < 4.78 is 4.93.